The number of hydrogen-bond acceptors (Lipinski definition) is 3. The van der Waals surface area contributed by atoms with Gasteiger partial charge in [0.25, 0.3) is 0 Å². The first-order chi connectivity index (χ1) is 9.65. The molecule has 3 rings (SSSR count). The summed E-state index contributed by atoms with van der Waals surface area (Å²) in [5, 5.41) is 9.27. The van der Waals surface area contributed by atoms with E-state index in [1.54, 1.807) is 12.1 Å². The first-order valence-corrected chi connectivity index (χ1v) is 7.40. The second-order valence-electron chi connectivity index (χ2n) is 6.04. The highest BCUT2D eigenvalue weighted by Gasteiger charge is 2.34. The molecule has 2 aliphatic heterocycles. The number of likely N-dealkylation sites (tertiary alicyclic amines) is 1. The molecule has 1 aromatic carbocycles. The summed E-state index contributed by atoms with van der Waals surface area (Å²) < 4.78 is 0. The molecule has 2 heterocycles. The minimum absolute atomic E-state index is 0.440. The summed E-state index contributed by atoms with van der Waals surface area (Å²) in [6, 6.07) is 8.73. The molecule has 2 aliphatic rings. The molecule has 108 valence electrons. The lowest BCUT2D eigenvalue weighted by molar-refractivity contribution is 0.0694. The van der Waals surface area contributed by atoms with Crippen molar-refractivity contribution in [1.29, 1.82) is 0 Å². The highest BCUT2D eigenvalue weighted by Crippen LogP contribution is 2.29. The zero-order valence-corrected chi connectivity index (χ0v) is 12.0. The van der Waals surface area contributed by atoms with Crippen LogP contribution in [0.4, 0.5) is 0 Å². The molecule has 0 aromatic heterocycles. The van der Waals surface area contributed by atoms with Gasteiger partial charge in [0.15, 0.2) is 0 Å². The Kier molecular flexibility index (Phi) is 3.76. The van der Waals surface area contributed by atoms with Gasteiger partial charge in [-0.25, -0.2) is 4.79 Å². The van der Waals surface area contributed by atoms with Crippen LogP contribution in [-0.2, 0) is 6.54 Å². The Hall–Kier alpha value is -1.39. The number of aromatic carboxylic acids is 1. The van der Waals surface area contributed by atoms with Gasteiger partial charge in [-0.2, -0.15) is 0 Å². The Morgan fingerprint density at radius 3 is 2.80 bits per heavy atom. The van der Waals surface area contributed by atoms with Crippen LogP contribution < -0.4 is 0 Å². The molecule has 20 heavy (non-hydrogen) atoms. The maximum Gasteiger partial charge on any atom is 0.336 e. The second kappa shape index (κ2) is 5.54. The third-order valence-corrected chi connectivity index (χ3v) is 4.87. The lowest BCUT2D eigenvalue weighted by Gasteiger charge is -2.26. The molecule has 0 radical (unpaired) electrons. The number of fused-ring (bicyclic) bond motifs is 2. The first-order valence-electron chi connectivity index (χ1n) is 7.40. The van der Waals surface area contributed by atoms with Crippen molar-refractivity contribution in [2.45, 2.75) is 37.9 Å². The summed E-state index contributed by atoms with van der Waals surface area (Å²) in [5.74, 6) is -0.825. The molecule has 2 atom stereocenters. The predicted octanol–water partition coefficient (Wildman–Crippen LogP) is 2.05. The lowest BCUT2D eigenvalue weighted by Crippen LogP contribution is -2.36. The standard InChI is InChI=1S/C16H22N2O2/c1-17-13-6-7-14(17)11-18(9-8-13)10-12-4-2-3-5-15(12)16(19)20/h2-5,13-14H,6-11H2,1H3,(H,19,20). The Labute approximate surface area is 120 Å². The second-order valence-corrected chi connectivity index (χ2v) is 6.04. The van der Waals surface area contributed by atoms with Crippen molar-refractivity contribution in [2.24, 2.45) is 0 Å². The number of carbonyl (C=O) groups is 1. The van der Waals surface area contributed by atoms with Crippen LogP contribution in [-0.4, -0.2) is 53.1 Å². The molecule has 4 heteroatoms. The van der Waals surface area contributed by atoms with Crippen molar-refractivity contribution in [3.05, 3.63) is 35.4 Å². The summed E-state index contributed by atoms with van der Waals surface area (Å²) >= 11 is 0. The maximum absolute atomic E-state index is 11.3. The average Bonchev–Trinajstić information content (AvgIpc) is 2.67. The molecular formula is C16H22N2O2. The van der Waals surface area contributed by atoms with E-state index in [4.69, 9.17) is 0 Å². The molecule has 1 N–H and O–H groups in total. The van der Waals surface area contributed by atoms with Crippen LogP contribution in [0.2, 0.25) is 0 Å². The quantitative estimate of drug-likeness (QED) is 0.916. The molecule has 0 spiro atoms. The summed E-state index contributed by atoms with van der Waals surface area (Å²) in [5.41, 5.74) is 1.37. The van der Waals surface area contributed by atoms with Crippen LogP contribution in [0, 0.1) is 0 Å². The van der Waals surface area contributed by atoms with Crippen molar-refractivity contribution in [1.82, 2.24) is 9.80 Å². The van der Waals surface area contributed by atoms with E-state index in [9.17, 15) is 9.90 Å². The van der Waals surface area contributed by atoms with E-state index < -0.39 is 5.97 Å². The number of benzene rings is 1. The van der Waals surface area contributed by atoms with Crippen molar-refractivity contribution in [2.75, 3.05) is 20.1 Å². The molecular weight excluding hydrogens is 252 g/mol. The highest BCUT2D eigenvalue weighted by molar-refractivity contribution is 5.89. The summed E-state index contributed by atoms with van der Waals surface area (Å²) in [6.07, 6.45) is 3.79. The third-order valence-electron chi connectivity index (χ3n) is 4.87. The van der Waals surface area contributed by atoms with Crippen LogP contribution >= 0.6 is 0 Å². The number of hydrogen-bond donors (Lipinski definition) is 1. The van der Waals surface area contributed by atoms with E-state index >= 15 is 0 Å². The van der Waals surface area contributed by atoms with E-state index in [0.29, 0.717) is 11.6 Å². The topological polar surface area (TPSA) is 43.8 Å². The normalized spacial score (nSPS) is 27.4. The summed E-state index contributed by atoms with van der Waals surface area (Å²) in [7, 11) is 2.23. The molecule has 2 unspecified atom stereocenters. The first kappa shape index (κ1) is 13.6. The molecule has 2 saturated heterocycles. The fourth-order valence-corrected chi connectivity index (χ4v) is 3.63. The van der Waals surface area contributed by atoms with E-state index in [-0.39, 0.29) is 0 Å². The molecule has 1 aromatic rings. The maximum atomic E-state index is 11.3. The lowest BCUT2D eigenvalue weighted by atomic mass is 10.0. The highest BCUT2D eigenvalue weighted by atomic mass is 16.4. The zero-order valence-electron chi connectivity index (χ0n) is 12.0. The fraction of sp³-hybridized carbons (Fsp3) is 0.562. The Morgan fingerprint density at radius 1 is 1.25 bits per heavy atom. The van der Waals surface area contributed by atoms with Crippen molar-refractivity contribution < 1.29 is 9.90 Å². The van der Waals surface area contributed by atoms with Crippen molar-refractivity contribution >= 4 is 5.97 Å². The van der Waals surface area contributed by atoms with Gasteiger partial charge in [-0.05, 0) is 37.9 Å². The van der Waals surface area contributed by atoms with Crippen LogP contribution in [0.15, 0.2) is 24.3 Å². The summed E-state index contributed by atoms with van der Waals surface area (Å²) in [4.78, 5) is 16.2. The van der Waals surface area contributed by atoms with Gasteiger partial charge in [0.05, 0.1) is 5.56 Å². The number of rotatable bonds is 3. The Morgan fingerprint density at radius 2 is 2.00 bits per heavy atom. The number of carboxylic acid groups (broad SMARTS) is 1. The number of carboxylic acids is 1. The molecule has 4 nitrogen and oxygen atoms in total. The van der Waals surface area contributed by atoms with Gasteiger partial charge >= 0.3 is 5.97 Å². The van der Waals surface area contributed by atoms with Gasteiger partial charge in [0.2, 0.25) is 0 Å². The van der Waals surface area contributed by atoms with Gasteiger partial charge in [0, 0.05) is 31.7 Å². The Balaban J connectivity index is 1.74. The van der Waals surface area contributed by atoms with Crippen LogP contribution in [0.5, 0.6) is 0 Å². The molecule has 2 bridgehead atoms. The van der Waals surface area contributed by atoms with Gasteiger partial charge < -0.3 is 5.11 Å². The third kappa shape index (κ3) is 2.58. The minimum Gasteiger partial charge on any atom is -0.478 e. The Bertz CT molecular complexity index is 503. The van der Waals surface area contributed by atoms with E-state index in [1.807, 2.05) is 12.1 Å². The van der Waals surface area contributed by atoms with Gasteiger partial charge in [-0.15, -0.1) is 0 Å². The fourth-order valence-electron chi connectivity index (χ4n) is 3.63. The van der Waals surface area contributed by atoms with Crippen molar-refractivity contribution in [3.63, 3.8) is 0 Å². The largest absolute Gasteiger partial charge is 0.478 e. The SMILES string of the molecule is CN1C2CCC1CN(Cc1ccccc1C(=O)O)CC2. The zero-order chi connectivity index (χ0) is 14.1. The monoisotopic (exact) mass is 274 g/mol. The average molecular weight is 274 g/mol. The number of nitrogens with zero attached hydrogens (tertiary/aromatic N) is 2. The molecule has 2 fully saturated rings. The van der Waals surface area contributed by atoms with E-state index in [1.165, 1.54) is 19.3 Å². The molecule has 0 saturated carbocycles. The number of likely N-dealkylation sites (N-methyl/N-ethyl adjacent to an activating group) is 1. The predicted molar refractivity (Wildman–Crippen MR) is 77.9 cm³/mol. The summed E-state index contributed by atoms with van der Waals surface area (Å²) in [6.45, 7) is 2.87. The van der Waals surface area contributed by atoms with Gasteiger partial charge in [-0.3, -0.25) is 9.80 Å². The van der Waals surface area contributed by atoms with E-state index in [2.05, 4.69) is 16.8 Å². The van der Waals surface area contributed by atoms with Crippen molar-refractivity contribution in [3.8, 4) is 0 Å². The van der Waals surface area contributed by atoms with Crippen LogP contribution in [0.1, 0.15) is 35.2 Å². The molecule has 0 aliphatic carbocycles. The van der Waals surface area contributed by atoms with E-state index in [0.717, 1.165) is 31.2 Å². The van der Waals surface area contributed by atoms with Gasteiger partial charge in [0.1, 0.15) is 0 Å². The van der Waals surface area contributed by atoms with Crippen LogP contribution in [0.25, 0.3) is 0 Å². The van der Waals surface area contributed by atoms with Crippen LogP contribution in [0.3, 0.4) is 0 Å². The van der Waals surface area contributed by atoms with Gasteiger partial charge in [-0.1, -0.05) is 18.2 Å². The smallest absolute Gasteiger partial charge is 0.336 e. The molecule has 0 amide bonds. The minimum atomic E-state index is -0.825.